The van der Waals surface area contributed by atoms with Crippen LogP contribution in [0, 0.1) is 6.92 Å². The van der Waals surface area contributed by atoms with E-state index in [2.05, 4.69) is 4.98 Å². The van der Waals surface area contributed by atoms with Gasteiger partial charge in [-0.1, -0.05) is 55.8 Å². The molecule has 1 heterocycles. The predicted octanol–water partition coefficient (Wildman–Crippen LogP) is 6.49. The van der Waals surface area contributed by atoms with E-state index in [0.717, 1.165) is 11.6 Å². The summed E-state index contributed by atoms with van der Waals surface area (Å²) in [6.07, 6.45) is 0. The molecule has 0 amide bonds. The molecule has 0 spiro atoms. The van der Waals surface area contributed by atoms with Crippen LogP contribution in [0.5, 0.6) is 0 Å². The van der Waals surface area contributed by atoms with E-state index in [0.29, 0.717) is 6.07 Å². The number of halogens is 5. The summed E-state index contributed by atoms with van der Waals surface area (Å²) in [7, 11) is -9.79. The van der Waals surface area contributed by atoms with Crippen molar-refractivity contribution in [3.05, 3.63) is 65.4 Å². The van der Waals surface area contributed by atoms with Crippen molar-refractivity contribution in [2.75, 3.05) is 0 Å². The molecular weight excluding hydrogens is 377 g/mol. The number of hydrogen-bond donors (Lipinski definition) is 1. The topological polar surface area (TPSA) is 42.1 Å². The molecule has 0 fully saturated rings. The standard InChI is InChI=1S/C17H14F5NO2S/c1-11-16(17(24)25-10-12-5-3-2-4-6-12)14-8-7-13(9-15(14)23-11)26(18,19,20,21)22/h2-9,23H,10H2,1H3. The number of carbonyl (C=O) groups is 1. The van der Waals surface area contributed by atoms with E-state index in [1.54, 1.807) is 30.3 Å². The molecule has 2 aromatic carbocycles. The monoisotopic (exact) mass is 391 g/mol. The van der Waals surface area contributed by atoms with Gasteiger partial charge in [-0.25, -0.2) is 4.79 Å². The van der Waals surface area contributed by atoms with Crippen LogP contribution in [-0.4, -0.2) is 11.0 Å². The highest BCUT2D eigenvalue weighted by molar-refractivity contribution is 8.45. The first-order valence-corrected chi connectivity index (χ1v) is 9.38. The number of rotatable bonds is 4. The number of carbonyl (C=O) groups excluding carboxylic acids is 1. The number of benzene rings is 2. The van der Waals surface area contributed by atoms with Crippen molar-refractivity contribution in [3.63, 3.8) is 0 Å². The van der Waals surface area contributed by atoms with Crippen molar-refractivity contribution in [2.24, 2.45) is 0 Å². The minimum Gasteiger partial charge on any atom is -0.457 e. The van der Waals surface area contributed by atoms with Gasteiger partial charge in [-0.15, -0.1) is 0 Å². The third-order valence-electron chi connectivity index (χ3n) is 3.82. The largest absolute Gasteiger partial charge is 0.457 e. The Hall–Kier alpha value is -2.55. The average molecular weight is 391 g/mol. The second-order valence-electron chi connectivity index (χ2n) is 5.86. The van der Waals surface area contributed by atoms with E-state index in [4.69, 9.17) is 4.74 Å². The van der Waals surface area contributed by atoms with E-state index >= 15 is 0 Å². The van der Waals surface area contributed by atoms with Gasteiger partial charge in [0.1, 0.15) is 11.5 Å². The first kappa shape index (κ1) is 18.2. The van der Waals surface area contributed by atoms with Gasteiger partial charge in [-0.05, 0) is 24.6 Å². The van der Waals surface area contributed by atoms with Gasteiger partial charge in [0.2, 0.25) is 0 Å². The molecule has 0 aliphatic heterocycles. The summed E-state index contributed by atoms with van der Waals surface area (Å²) >= 11 is 0. The van der Waals surface area contributed by atoms with Gasteiger partial charge in [0.25, 0.3) is 0 Å². The maximum absolute atomic E-state index is 12.9. The minimum atomic E-state index is -9.79. The highest BCUT2D eigenvalue weighted by Gasteiger charge is 2.65. The second kappa shape index (κ2) is 5.23. The maximum Gasteiger partial charge on any atom is 0.340 e. The molecule has 0 aliphatic rings. The Bertz CT molecular complexity index is 997. The summed E-state index contributed by atoms with van der Waals surface area (Å²) in [6.45, 7) is 1.44. The Morgan fingerprint density at radius 1 is 1.04 bits per heavy atom. The first-order valence-electron chi connectivity index (χ1n) is 7.42. The van der Waals surface area contributed by atoms with E-state index in [1.807, 2.05) is 0 Å². The number of aryl methyl sites for hydroxylation is 1. The third-order valence-corrected chi connectivity index (χ3v) is 4.96. The Morgan fingerprint density at radius 2 is 1.69 bits per heavy atom. The third kappa shape index (κ3) is 3.67. The van der Waals surface area contributed by atoms with Crippen molar-refractivity contribution < 1.29 is 29.0 Å². The minimum absolute atomic E-state index is 0.0182. The number of aromatic nitrogens is 1. The lowest BCUT2D eigenvalue weighted by molar-refractivity contribution is 0.0474. The molecular formula is C17H14F5NO2S. The van der Waals surface area contributed by atoms with Crippen LogP contribution in [0.3, 0.4) is 0 Å². The summed E-state index contributed by atoms with van der Waals surface area (Å²) in [5.74, 6) is -0.752. The molecule has 1 aromatic heterocycles. The number of H-pyrrole nitrogens is 1. The molecule has 140 valence electrons. The van der Waals surface area contributed by atoms with Crippen molar-refractivity contribution >= 4 is 27.1 Å². The lowest BCUT2D eigenvalue weighted by Crippen LogP contribution is -2.07. The quantitative estimate of drug-likeness (QED) is 0.408. The molecule has 0 aliphatic carbocycles. The first-order chi connectivity index (χ1) is 11.8. The molecule has 3 nitrogen and oxygen atoms in total. The molecule has 3 aromatic rings. The molecule has 26 heavy (non-hydrogen) atoms. The van der Waals surface area contributed by atoms with Gasteiger partial charge in [0, 0.05) is 16.6 Å². The highest BCUT2D eigenvalue weighted by atomic mass is 32.5. The molecule has 0 radical (unpaired) electrons. The molecule has 0 bridgehead atoms. The molecule has 0 atom stereocenters. The van der Waals surface area contributed by atoms with Gasteiger partial charge in [0.05, 0.1) is 5.56 Å². The van der Waals surface area contributed by atoms with Crippen LogP contribution in [0.1, 0.15) is 21.6 Å². The predicted molar refractivity (Wildman–Crippen MR) is 90.0 cm³/mol. The van der Waals surface area contributed by atoms with Gasteiger partial charge in [0.15, 0.2) is 0 Å². The highest BCUT2D eigenvalue weighted by Crippen LogP contribution is 3.02. The van der Waals surface area contributed by atoms with Crippen LogP contribution < -0.4 is 0 Å². The van der Waals surface area contributed by atoms with E-state index in [1.165, 1.54) is 6.92 Å². The van der Waals surface area contributed by atoms with Gasteiger partial charge in [-0.2, -0.15) is 0 Å². The second-order valence-corrected chi connectivity index (χ2v) is 8.27. The van der Waals surface area contributed by atoms with Crippen LogP contribution in [-0.2, 0) is 11.3 Å². The lowest BCUT2D eigenvalue weighted by Gasteiger charge is -2.40. The number of hydrogen-bond acceptors (Lipinski definition) is 2. The van der Waals surface area contributed by atoms with Crippen molar-refractivity contribution in [1.29, 1.82) is 0 Å². The summed E-state index contributed by atoms with van der Waals surface area (Å²) in [6, 6.07) is 10.3. The van der Waals surface area contributed by atoms with E-state index in [9.17, 15) is 24.2 Å². The van der Waals surface area contributed by atoms with E-state index in [-0.39, 0.29) is 34.8 Å². The molecule has 3 rings (SSSR count). The fourth-order valence-corrected chi connectivity index (χ4v) is 3.28. The fraction of sp³-hybridized carbons (Fsp3) is 0.118. The number of esters is 1. The average Bonchev–Trinajstić information content (AvgIpc) is 2.86. The molecule has 1 N–H and O–H groups in total. The van der Waals surface area contributed by atoms with Crippen LogP contribution in [0.25, 0.3) is 10.9 Å². The number of nitrogens with one attached hydrogen (secondary N) is 1. The van der Waals surface area contributed by atoms with Crippen molar-refractivity contribution in [3.8, 4) is 0 Å². The lowest BCUT2D eigenvalue weighted by atomic mass is 10.1. The number of ether oxygens (including phenoxy) is 1. The Kier molecular flexibility index (Phi) is 3.67. The molecule has 0 saturated carbocycles. The van der Waals surface area contributed by atoms with Gasteiger partial charge in [-0.3, -0.25) is 0 Å². The zero-order valence-corrected chi connectivity index (χ0v) is 14.3. The zero-order valence-electron chi connectivity index (χ0n) is 13.4. The number of aromatic amines is 1. The Labute approximate surface area is 145 Å². The van der Waals surface area contributed by atoms with Crippen LogP contribution in [0.15, 0.2) is 53.4 Å². The van der Waals surface area contributed by atoms with Crippen molar-refractivity contribution in [1.82, 2.24) is 4.98 Å². The fourth-order valence-electron chi connectivity index (χ4n) is 2.61. The van der Waals surface area contributed by atoms with E-state index < -0.39 is 21.1 Å². The summed E-state index contributed by atoms with van der Waals surface area (Å²) in [5.41, 5.74) is 0.781. The van der Waals surface area contributed by atoms with Crippen LogP contribution in [0.2, 0.25) is 0 Å². The van der Waals surface area contributed by atoms with Gasteiger partial charge < -0.3 is 9.72 Å². The van der Waals surface area contributed by atoms with Gasteiger partial charge >= 0.3 is 16.2 Å². The smallest absolute Gasteiger partial charge is 0.340 e. The molecule has 0 unspecified atom stereocenters. The summed E-state index contributed by atoms with van der Waals surface area (Å²) < 4.78 is 69.9. The maximum atomic E-state index is 12.9. The van der Waals surface area contributed by atoms with Crippen LogP contribution in [0.4, 0.5) is 19.4 Å². The normalized spacial score (nSPS) is 14.7. The molecule has 9 heteroatoms. The number of fused-ring (bicyclic) bond motifs is 1. The zero-order chi connectivity index (χ0) is 19.2. The van der Waals surface area contributed by atoms with Crippen LogP contribution >= 0.6 is 10.2 Å². The summed E-state index contributed by atoms with van der Waals surface area (Å²) in [4.78, 5) is 12.8. The summed E-state index contributed by atoms with van der Waals surface area (Å²) in [5, 5.41) is 0.0890. The Balaban J connectivity index is 1.95. The molecule has 0 saturated heterocycles. The Morgan fingerprint density at radius 3 is 2.31 bits per heavy atom. The van der Waals surface area contributed by atoms with Crippen molar-refractivity contribution in [2.45, 2.75) is 18.4 Å². The SMILES string of the molecule is Cc1[nH]c2cc(S(F)(F)(F)(F)F)ccc2c1C(=O)OCc1ccccc1.